The number of rotatable bonds is 7. The van der Waals surface area contributed by atoms with Crippen LogP contribution in [0, 0.1) is 23.2 Å². The van der Waals surface area contributed by atoms with E-state index < -0.39 is 12.1 Å². The fourth-order valence-corrected chi connectivity index (χ4v) is 6.15. The summed E-state index contributed by atoms with van der Waals surface area (Å²) in [5.74, 6) is 2.40. The van der Waals surface area contributed by atoms with Gasteiger partial charge in [-0.25, -0.2) is 4.79 Å². The first-order valence-electron chi connectivity index (χ1n) is 10.6. The smallest absolute Gasteiger partial charge is 0.347 e. The third-order valence-corrected chi connectivity index (χ3v) is 7.12. The molecule has 4 saturated carbocycles. The van der Waals surface area contributed by atoms with E-state index in [0.717, 1.165) is 17.8 Å². The monoisotopic (exact) mass is 385 g/mol. The van der Waals surface area contributed by atoms with E-state index in [4.69, 9.17) is 9.47 Å². The minimum Gasteiger partial charge on any atom is -0.479 e. The largest absolute Gasteiger partial charge is 0.479 e. The SMILES string of the molecule is C[C@@H](Oc1ccccc1)C(=O)OCC(=O)N[C@H](C)C12CC3CC(CC(C3)C1)C2. The summed E-state index contributed by atoms with van der Waals surface area (Å²) in [5.41, 5.74) is 0.248. The molecule has 0 radical (unpaired) electrons. The highest BCUT2D eigenvalue weighted by Gasteiger charge is 2.53. The Bertz CT molecular complexity index is 681. The molecule has 0 aliphatic heterocycles. The lowest BCUT2D eigenvalue weighted by Crippen LogP contribution is -2.56. The number of ether oxygens (including phenoxy) is 2. The maximum Gasteiger partial charge on any atom is 0.347 e. The van der Waals surface area contributed by atoms with Crippen LogP contribution in [0.3, 0.4) is 0 Å². The fraction of sp³-hybridized carbons (Fsp3) is 0.652. The van der Waals surface area contributed by atoms with Crippen LogP contribution in [-0.2, 0) is 14.3 Å². The quantitative estimate of drug-likeness (QED) is 0.727. The molecule has 5 heteroatoms. The molecular weight excluding hydrogens is 354 g/mol. The van der Waals surface area contributed by atoms with Crippen LogP contribution >= 0.6 is 0 Å². The topological polar surface area (TPSA) is 64.6 Å². The van der Waals surface area contributed by atoms with Crippen molar-refractivity contribution in [3.63, 3.8) is 0 Å². The van der Waals surface area contributed by atoms with Crippen molar-refractivity contribution in [1.82, 2.24) is 5.32 Å². The van der Waals surface area contributed by atoms with Crippen LogP contribution in [0.2, 0.25) is 0 Å². The Morgan fingerprint density at radius 3 is 2.18 bits per heavy atom. The molecule has 0 unspecified atom stereocenters. The van der Waals surface area contributed by atoms with Crippen LogP contribution in [0.4, 0.5) is 0 Å². The van der Waals surface area contributed by atoms with E-state index in [-0.39, 0.29) is 24.0 Å². The Balaban J connectivity index is 1.25. The summed E-state index contributed by atoms with van der Waals surface area (Å²) < 4.78 is 10.7. The van der Waals surface area contributed by atoms with Gasteiger partial charge in [-0.05, 0) is 87.7 Å². The second-order valence-corrected chi connectivity index (χ2v) is 9.25. The molecule has 4 aliphatic rings. The molecule has 1 aromatic carbocycles. The van der Waals surface area contributed by atoms with Crippen LogP contribution in [0.5, 0.6) is 5.75 Å². The first-order chi connectivity index (χ1) is 13.4. The van der Waals surface area contributed by atoms with Gasteiger partial charge in [-0.1, -0.05) is 18.2 Å². The van der Waals surface area contributed by atoms with E-state index in [9.17, 15) is 9.59 Å². The maximum atomic E-state index is 12.4. The summed E-state index contributed by atoms with van der Waals surface area (Å²) in [6.07, 6.45) is 7.12. The summed E-state index contributed by atoms with van der Waals surface area (Å²) in [6.45, 7) is 3.51. The predicted octanol–water partition coefficient (Wildman–Crippen LogP) is 3.72. The molecule has 0 heterocycles. The van der Waals surface area contributed by atoms with Gasteiger partial charge >= 0.3 is 5.97 Å². The van der Waals surface area contributed by atoms with Crippen molar-refractivity contribution in [1.29, 1.82) is 0 Å². The van der Waals surface area contributed by atoms with Crippen molar-refractivity contribution in [2.24, 2.45) is 23.2 Å². The van der Waals surface area contributed by atoms with Gasteiger partial charge in [0.25, 0.3) is 5.91 Å². The van der Waals surface area contributed by atoms with Gasteiger partial charge in [-0.3, -0.25) is 4.79 Å². The molecule has 4 bridgehead atoms. The Hall–Kier alpha value is -2.04. The van der Waals surface area contributed by atoms with Crippen molar-refractivity contribution >= 4 is 11.9 Å². The van der Waals surface area contributed by atoms with E-state index >= 15 is 0 Å². The summed E-state index contributed by atoms with van der Waals surface area (Å²) in [7, 11) is 0. The number of nitrogens with one attached hydrogen (secondary N) is 1. The summed E-state index contributed by atoms with van der Waals surface area (Å²) in [6, 6.07) is 9.25. The van der Waals surface area contributed by atoms with Crippen molar-refractivity contribution in [3.8, 4) is 5.75 Å². The molecule has 2 atom stereocenters. The number of hydrogen-bond donors (Lipinski definition) is 1. The zero-order valence-corrected chi connectivity index (χ0v) is 16.9. The Labute approximate surface area is 167 Å². The third kappa shape index (κ3) is 4.03. The number of amides is 1. The number of carbonyl (C=O) groups excluding carboxylic acids is 2. The predicted molar refractivity (Wildman–Crippen MR) is 106 cm³/mol. The Kier molecular flexibility index (Phi) is 5.35. The van der Waals surface area contributed by atoms with Gasteiger partial charge in [0.15, 0.2) is 12.7 Å². The zero-order valence-electron chi connectivity index (χ0n) is 16.9. The summed E-state index contributed by atoms with van der Waals surface area (Å²) in [4.78, 5) is 24.5. The first kappa shape index (κ1) is 19.3. The number of carbonyl (C=O) groups is 2. The molecule has 1 amide bonds. The molecule has 1 aromatic rings. The van der Waals surface area contributed by atoms with Crippen LogP contribution in [-0.4, -0.2) is 30.6 Å². The standard InChI is InChI=1S/C23H31NO4/c1-15(28-20-6-4-3-5-7-20)22(26)27-14-21(25)24-16(2)23-11-17-8-18(12-23)10-19(9-17)13-23/h3-7,15-19H,8-14H2,1-2H3,(H,24,25)/t15-,16-,17?,18?,19?,23?/m1/s1. The normalized spacial score (nSPS) is 32.4. The van der Waals surface area contributed by atoms with E-state index in [1.54, 1.807) is 19.1 Å². The lowest BCUT2D eigenvalue weighted by molar-refractivity contribution is -0.155. The van der Waals surface area contributed by atoms with E-state index in [0.29, 0.717) is 5.75 Å². The third-order valence-electron chi connectivity index (χ3n) is 7.12. The number of hydrogen-bond acceptors (Lipinski definition) is 4. The minimum atomic E-state index is -0.754. The van der Waals surface area contributed by atoms with E-state index in [2.05, 4.69) is 12.2 Å². The van der Waals surface area contributed by atoms with Gasteiger partial charge in [0.1, 0.15) is 5.75 Å². The Morgan fingerprint density at radius 1 is 1.04 bits per heavy atom. The second kappa shape index (κ2) is 7.76. The van der Waals surface area contributed by atoms with Gasteiger partial charge < -0.3 is 14.8 Å². The first-order valence-corrected chi connectivity index (χ1v) is 10.6. The molecule has 1 N–H and O–H groups in total. The molecule has 5 nitrogen and oxygen atoms in total. The van der Waals surface area contributed by atoms with Crippen LogP contribution < -0.4 is 10.1 Å². The highest BCUT2D eigenvalue weighted by atomic mass is 16.6. The van der Waals surface area contributed by atoms with E-state index in [1.165, 1.54) is 38.5 Å². The average molecular weight is 386 g/mol. The number of para-hydroxylation sites is 1. The van der Waals surface area contributed by atoms with Crippen molar-refractivity contribution in [2.45, 2.75) is 64.5 Å². The van der Waals surface area contributed by atoms with Crippen molar-refractivity contribution < 1.29 is 19.1 Å². The summed E-state index contributed by atoms with van der Waals surface area (Å²) >= 11 is 0. The molecular formula is C23H31NO4. The number of esters is 1. The average Bonchev–Trinajstić information content (AvgIpc) is 2.65. The molecule has 0 spiro atoms. The highest BCUT2D eigenvalue weighted by molar-refractivity contribution is 5.82. The molecule has 28 heavy (non-hydrogen) atoms. The molecule has 0 aromatic heterocycles. The van der Waals surface area contributed by atoms with Gasteiger partial charge in [-0.15, -0.1) is 0 Å². The van der Waals surface area contributed by atoms with Gasteiger partial charge in [0, 0.05) is 6.04 Å². The molecule has 5 rings (SSSR count). The molecule has 0 saturated heterocycles. The van der Waals surface area contributed by atoms with Crippen LogP contribution in [0.1, 0.15) is 52.4 Å². The Morgan fingerprint density at radius 2 is 1.61 bits per heavy atom. The molecule has 4 aliphatic carbocycles. The maximum absolute atomic E-state index is 12.4. The van der Waals surface area contributed by atoms with Crippen molar-refractivity contribution in [3.05, 3.63) is 30.3 Å². The van der Waals surface area contributed by atoms with Gasteiger partial charge in [-0.2, -0.15) is 0 Å². The van der Waals surface area contributed by atoms with Crippen LogP contribution in [0.15, 0.2) is 30.3 Å². The zero-order chi connectivity index (χ0) is 19.7. The van der Waals surface area contributed by atoms with Gasteiger partial charge in [0.05, 0.1) is 0 Å². The minimum absolute atomic E-state index is 0.130. The molecule has 4 fully saturated rings. The van der Waals surface area contributed by atoms with Crippen molar-refractivity contribution in [2.75, 3.05) is 6.61 Å². The lowest BCUT2D eigenvalue weighted by Gasteiger charge is -2.59. The number of benzene rings is 1. The van der Waals surface area contributed by atoms with Crippen LogP contribution in [0.25, 0.3) is 0 Å². The summed E-state index contributed by atoms with van der Waals surface area (Å²) in [5, 5.41) is 3.12. The lowest BCUT2D eigenvalue weighted by atomic mass is 9.48. The van der Waals surface area contributed by atoms with Gasteiger partial charge in [0.2, 0.25) is 0 Å². The fourth-order valence-electron chi connectivity index (χ4n) is 6.15. The molecule has 152 valence electrons. The second-order valence-electron chi connectivity index (χ2n) is 9.25. The highest BCUT2D eigenvalue weighted by Crippen LogP contribution is 2.61. The van der Waals surface area contributed by atoms with E-state index in [1.807, 2.05) is 18.2 Å².